The van der Waals surface area contributed by atoms with Crippen LogP contribution in [0.2, 0.25) is 5.02 Å². The minimum atomic E-state index is -0.376. The van der Waals surface area contributed by atoms with E-state index in [4.69, 9.17) is 16.0 Å². The van der Waals surface area contributed by atoms with Crippen molar-refractivity contribution >= 4 is 56.5 Å². The van der Waals surface area contributed by atoms with Crippen molar-refractivity contribution < 1.29 is 9.21 Å². The zero-order valence-corrected chi connectivity index (χ0v) is 18.5. The van der Waals surface area contributed by atoms with E-state index in [0.29, 0.717) is 32.5 Å². The Bertz CT molecular complexity index is 1250. The molecule has 4 rings (SSSR count). The Morgan fingerprint density at radius 2 is 2.07 bits per heavy atom. The van der Waals surface area contributed by atoms with Gasteiger partial charge in [0, 0.05) is 10.9 Å². The normalized spacial score (nSPS) is 13.3. The number of carbonyl (C=O) groups excluding carboxylic acids is 1. The molecule has 0 saturated carbocycles. The predicted octanol–water partition coefficient (Wildman–Crippen LogP) is 5.72. The van der Waals surface area contributed by atoms with Crippen LogP contribution in [-0.4, -0.2) is 21.1 Å². The summed E-state index contributed by atoms with van der Waals surface area (Å²) < 4.78 is 5.42. The van der Waals surface area contributed by atoms with E-state index < -0.39 is 0 Å². The molecule has 0 fully saturated rings. The molecule has 0 bridgehead atoms. The fourth-order valence-electron chi connectivity index (χ4n) is 3.00. The van der Waals surface area contributed by atoms with Crippen LogP contribution in [0.3, 0.4) is 0 Å². The third kappa shape index (κ3) is 4.16. The van der Waals surface area contributed by atoms with E-state index in [1.54, 1.807) is 30.5 Å². The Morgan fingerprint density at radius 3 is 2.80 bits per heavy atom. The number of aromatic amines is 1. The van der Waals surface area contributed by atoms with Crippen LogP contribution in [0.4, 0.5) is 5.69 Å². The Labute approximate surface area is 185 Å². The Kier molecular flexibility index (Phi) is 5.99. The first-order valence-corrected chi connectivity index (χ1v) is 11.4. The van der Waals surface area contributed by atoms with Crippen molar-refractivity contribution in [3.05, 3.63) is 69.2 Å². The van der Waals surface area contributed by atoms with Gasteiger partial charge in [0.1, 0.15) is 16.4 Å². The van der Waals surface area contributed by atoms with Crippen molar-refractivity contribution in [2.45, 2.75) is 24.3 Å². The molecule has 3 heterocycles. The summed E-state index contributed by atoms with van der Waals surface area (Å²) in [6, 6.07) is 10.7. The highest BCUT2D eigenvalue weighted by Crippen LogP contribution is 2.34. The summed E-state index contributed by atoms with van der Waals surface area (Å²) >= 11 is 8.91. The quantitative estimate of drug-likeness (QED) is 0.385. The van der Waals surface area contributed by atoms with E-state index in [0.717, 1.165) is 5.56 Å². The van der Waals surface area contributed by atoms with Gasteiger partial charge in [-0.1, -0.05) is 23.7 Å². The number of thiophene rings is 1. The SMILES string of the molecule is CC(SC(C)c1nc2scc(-c3ccco3)c2c(=O)[nH]1)C(=O)Nc1ccccc1Cl. The number of aromatic nitrogens is 2. The summed E-state index contributed by atoms with van der Waals surface area (Å²) in [6.45, 7) is 3.72. The molecule has 154 valence electrons. The second-order valence-corrected chi connectivity index (χ2v) is 9.60. The highest BCUT2D eigenvalue weighted by molar-refractivity contribution is 8.00. The minimum Gasteiger partial charge on any atom is -0.464 e. The molecule has 0 aliphatic rings. The van der Waals surface area contributed by atoms with Gasteiger partial charge in [0.05, 0.1) is 32.9 Å². The topological polar surface area (TPSA) is 88.0 Å². The molecule has 6 nitrogen and oxygen atoms in total. The zero-order chi connectivity index (χ0) is 21.3. The smallest absolute Gasteiger partial charge is 0.260 e. The summed E-state index contributed by atoms with van der Waals surface area (Å²) in [7, 11) is 0. The van der Waals surface area contributed by atoms with Crippen LogP contribution >= 0.6 is 34.7 Å². The highest BCUT2D eigenvalue weighted by atomic mass is 35.5. The van der Waals surface area contributed by atoms with Crippen LogP contribution in [0.5, 0.6) is 0 Å². The summed E-state index contributed by atoms with van der Waals surface area (Å²) in [4.78, 5) is 33.4. The average molecular weight is 460 g/mol. The van der Waals surface area contributed by atoms with Crippen molar-refractivity contribution in [1.82, 2.24) is 9.97 Å². The molecule has 9 heteroatoms. The molecule has 0 aliphatic carbocycles. The van der Waals surface area contributed by atoms with Gasteiger partial charge in [-0.25, -0.2) is 4.98 Å². The molecule has 1 aromatic carbocycles. The largest absolute Gasteiger partial charge is 0.464 e. The number of nitrogens with one attached hydrogen (secondary N) is 2. The number of hydrogen-bond donors (Lipinski definition) is 2. The Hall–Kier alpha value is -2.55. The molecule has 4 aromatic rings. The molecule has 2 N–H and O–H groups in total. The van der Waals surface area contributed by atoms with Gasteiger partial charge in [0.2, 0.25) is 5.91 Å². The Balaban J connectivity index is 1.52. The number of hydrogen-bond acceptors (Lipinski definition) is 6. The highest BCUT2D eigenvalue weighted by Gasteiger charge is 2.22. The molecule has 2 atom stereocenters. The number of thioether (sulfide) groups is 1. The van der Waals surface area contributed by atoms with Gasteiger partial charge in [-0.05, 0) is 38.1 Å². The molecule has 0 saturated heterocycles. The molecule has 30 heavy (non-hydrogen) atoms. The summed E-state index contributed by atoms with van der Waals surface area (Å²) in [5.41, 5.74) is 1.08. The number of carbonyl (C=O) groups is 1. The van der Waals surface area contributed by atoms with Crippen LogP contribution < -0.4 is 10.9 Å². The van der Waals surface area contributed by atoms with Crippen molar-refractivity contribution in [1.29, 1.82) is 0 Å². The van der Waals surface area contributed by atoms with Gasteiger partial charge in [-0.3, -0.25) is 9.59 Å². The molecule has 2 unspecified atom stereocenters. The number of H-pyrrole nitrogens is 1. The lowest BCUT2D eigenvalue weighted by molar-refractivity contribution is -0.115. The fraction of sp³-hybridized carbons (Fsp3) is 0.190. The first-order valence-electron chi connectivity index (χ1n) is 9.20. The molecule has 0 radical (unpaired) electrons. The molecule has 3 aromatic heterocycles. The number of anilines is 1. The van der Waals surface area contributed by atoms with Crippen LogP contribution in [0, 0.1) is 0 Å². The number of rotatable bonds is 6. The van der Waals surface area contributed by atoms with Gasteiger partial charge in [-0.2, -0.15) is 0 Å². The van der Waals surface area contributed by atoms with E-state index >= 15 is 0 Å². The summed E-state index contributed by atoms with van der Waals surface area (Å²) in [5.74, 6) is 0.996. The van der Waals surface area contributed by atoms with Crippen LogP contribution in [0.15, 0.2) is 57.3 Å². The lowest BCUT2D eigenvalue weighted by Gasteiger charge is -2.17. The monoisotopic (exact) mass is 459 g/mol. The Morgan fingerprint density at radius 1 is 1.27 bits per heavy atom. The molecule has 0 aliphatic heterocycles. The molecular formula is C21H18ClN3O3S2. The van der Waals surface area contributed by atoms with E-state index in [-0.39, 0.29) is 22.0 Å². The maximum Gasteiger partial charge on any atom is 0.260 e. The summed E-state index contributed by atoms with van der Waals surface area (Å²) in [6.07, 6.45) is 1.57. The number of nitrogens with zero attached hydrogens (tertiary/aromatic N) is 1. The van der Waals surface area contributed by atoms with E-state index in [9.17, 15) is 9.59 Å². The van der Waals surface area contributed by atoms with Gasteiger partial charge in [0.25, 0.3) is 5.56 Å². The predicted molar refractivity (Wildman–Crippen MR) is 123 cm³/mol. The van der Waals surface area contributed by atoms with Gasteiger partial charge >= 0.3 is 0 Å². The number of benzene rings is 1. The van der Waals surface area contributed by atoms with Gasteiger partial charge < -0.3 is 14.7 Å². The van der Waals surface area contributed by atoms with Crippen LogP contribution in [-0.2, 0) is 4.79 Å². The van der Waals surface area contributed by atoms with Crippen molar-refractivity contribution in [3.8, 4) is 11.3 Å². The van der Waals surface area contributed by atoms with Crippen molar-refractivity contribution in [3.63, 3.8) is 0 Å². The van der Waals surface area contributed by atoms with E-state index in [1.165, 1.54) is 23.1 Å². The first kappa shape index (κ1) is 20.7. The number of halogens is 1. The maximum absolute atomic E-state index is 12.7. The number of furan rings is 1. The van der Waals surface area contributed by atoms with Gasteiger partial charge in [-0.15, -0.1) is 23.1 Å². The van der Waals surface area contributed by atoms with Gasteiger partial charge in [0.15, 0.2) is 0 Å². The van der Waals surface area contributed by atoms with Crippen LogP contribution in [0.25, 0.3) is 21.5 Å². The van der Waals surface area contributed by atoms with Crippen LogP contribution in [0.1, 0.15) is 24.9 Å². The summed E-state index contributed by atoms with van der Waals surface area (Å²) in [5, 5.41) is 5.13. The average Bonchev–Trinajstić information content (AvgIpc) is 3.39. The van der Waals surface area contributed by atoms with E-state index in [1.807, 2.05) is 31.4 Å². The second kappa shape index (κ2) is 8.67. The minimum absolute atomic E-state index is 0.167. The third-order valence-electron chi connectivity index (χ3n) is 4.54. The standard InChI is InChI=1S/C21H18ClN3O3S2/c1-11(30-12(2)19(26)23-15-7-4-3-6-14(15)22)18-24-20(27)17-13(10-29-21(17)25-18)16-8-5-9-28-16/h3-12H,1-2H3,(H,23,26)(H,24,25,27). The number of para-hydroxylation sites is 1. The molecule has 1 amide bonds. The third-order valence-corrected chi connectivity index (χ3v) is 7.00. The lowest BCUT2D eigenvalue weighted by Crippen LogP contribution is -2.24. The zero-order valence-electron chi connectivity index (χ0n) is 16.1. The molecular weight excluding hydrogens is 442 g/mol. The first-order chi connectivity index (χ1) is 14.4. The van der Waals surface area contributed by atoms with Crippen molar-refractivity contribution in [2.75, 3.05) is 5.32 Å². The van der Waals surface area contributed by atoms with Crippen molar-refractivity contribution in [2.24, 2.45) is 0 Å². The van der Waals surface area contributed by atoms with E-state index in [2.05, 4.69) is 15.3 Å². The second-order valence-electron chi connectivity index (χ2n) is 6.65. The maximum atomic E-state index is 12.7. The molecule has 0 spiro atoms. The number of fused-ring (bicyclic) bond motifs is 1. The number of amides is 1. The lowest BCUT2D eigenvalue weighted by atomic mass is 10.2. The fourth-order valence-corrected chi connectivity index (χ4v) is 5.15.